The minimum absolute atomic E-state index is 0.0929. The van der Waals surface area contributed by atoms with Gasteiger partial charge in [-0.05, 0) is 18.1 Å². The Labute approximate surface area is 109 Å². The van der Waals surface area contributed by atoms with Gasteiger partial charge >= 0.3 is 11.9 Å². The van der Waals surface area contributed by atoms with Crippen molar-refractivity contribution in [2.24, 2.45) is 0 Å². The molecule has 0 spiro atoms. The Balaban J connectivity index is 2.19. The van der Waals surface area contributed by atoms with Gasteiger partial charge in [-0.15, -0.1) is 0 Å². The first kappa shape index (κ1) is 13.1. The topological polar surface area (TPSA) is 94.9 Å². The highest BCUT2D eigenvalue weighted by atomic mass is 16.4. The van der Waals surface area contributed by atoms with Crippen molar-refractivity contribution < 1.29 is 24.6 Å². The SMILES string of the molecule is O=C(O)CCC(C(=O)O)N1Cc2ccccc2C1=O. The van der Waals surface area contributed by atoms with Crippen molar-refractivity contribution in [1.29, 1.82) is 0 Å². The van der Waals surface area contributed by atoms with Crippen LogP contribution in [0.1, 0.15) is 28.8 Å². The minimum Gasteiger partial charge on any atom is -0.481 e. The molecule has 0 fully saturated rings. The number of hydrogen-bond acceptors (Lipinski definition) is 3. The molecular weight excluding hydrogens is 250 g/mol. The maximum absolute atomic E-state index is 12.1. The molecule has 0 bridgehead atoms. The molecule has 1 aliphatic heterocycles. The second kappa shape index (κ2) is 5.09. The summed E-state index contributed by atoms with van der Waals surface area (Å²) in [7, 11) is 0. The normalized spacial score (nSPS) is 15.2. The molecule has 1 aliphatic rings. The number of carboxylic acids is 2. The molecule has 2 N–H and O–H groups in total. The van der Waals surface area contributed by atoms with E-state index in [9.17, 15) is 14.4 Å². The van der Waals surface area contributed by atoms with Gasteiger partial charge in [0.25, 0.3) is 5.91 Å². The fraction of sp³-hybridized carbons (Fsp3) is 0.308. The molecular formula is C13H13NO5. The van der Waals surface area contributed by atoms with Crippen molar-refractivity contribution in [3.05, 3.63) is 35.4 Å². The van der Waals surface area contributed by atoms with Crippen LogP contribution in [0.5, 0.6) is 0 Å². The predicted molar refractivity (Wildman–Crippen MR) is 64.6 cm³/mol. The highest BCUT2D eigenvalue weighted by molar-refractivity contribution is 6.00. The minimum atomic E-state index is -1.18. The average molecular weight is 263 g/mol. The summed E-state index contributed by atoms with van der Waals surface area (Å²) in [6.07, 6.45) is -0.374. The van der Waals surface area contributed by atoms with Crippen LogP contribution >= 0.6 is 0 Å². The molecule has 1 aromatic rings. The number of fused-ring (bicyclic) bond motifs is 1. The summed E-state index contributed by atoms with van der Waals surface area (Å²) in [4.78, 5) is 35.1. The second-order valence-corrected chi connectivity index (χ2v) is 4.38. The molecule has 1 unspecified atom stereocenters. The van der Waals surface area contributed by atoms with Gasteiger partial charge in [-0.1, -0.05) is 18.2 Å². The largest absolute Gasteiger partial charge is 0.481 e. The van der Waals surface area contributed by atoms with E-state index in [2.05, 4.69) is 0 Å². The van der Waals surface area contributed by atoms with Crippen molar-refractivity contribution in [2.75, 3.05) is 0 Å². The lowest BCUT2D eigenvalue weighted by Gasteiger charge is -2.23. The zero-order valence-electron chi connectivity index (χ0n) is 10.1. The zero-order chi connectivity index (χ0) is 14.0. The van der Waals surface area contributed by atoms with Gasteiger partial charge in [-0.3, -0.25) is 9.59 Å². The van der Waals surface area contributed by atoms with Crippen LogP contribution < -0.4 is 0 Å². The Kier molecular flexibility index (Phi) is 3.50. The Morgan fingerprint density at radius 1 is 1.26 bits per heavy atom. The first-order chi connectivity index (χ1) is 9.00. The summed E-state index contributed by atoms with van der Waals surface area (Å²) < 4.78 is 0. The Hall–Kier alpha value is -2.37. The highest BCUT2D eigenvalue weighted by Crippen LogP contribution is 2.25. The van der Waals surface area contributed by atoms with E-state index in [1.165, 1.54) is 4.90 Å². The molecule has 1 atom stereocenters. The number of aliphatic carboxylic acids is 2. The van der Waals surface area contributed by atoms with Gasteiger partial charge < -0.3 is 15.1 Å². The molecule has 100 valence electrons. The number of carbonyl (C=O) groups excluding carboxylic acids is 1. The lowest BCUT2D eigenvalue weighted by molar-refractivity contribution is -0.143. The molecule has 6 nitrogen and oxygen atoms in total. The summed E-state index contributed by atoms with van der Waals surface area (Å²) >= 11 is 0. The van der Waals surface area contributed by atoms with Crippen molar-refractivity contribution in [2.45, 2.75) is 25.4 Å². The van der Waals surface area contributed by atoms with Crippen molar-refractivity contribution in [3.8, 4) is 0 Å². The lowest BCUT2D eigenvalue weighted by Crippen LogP contribution is -2.41. The summed E-state index contributed by atoms with van der Waals surface area (Å²) in [5.41, 5.74) is 1.26. The third-order valence-corrected chi connectivity index (χ3v) is 3.14. The Morgan fingerprint density at radius 3 is 2.53 bits per heavy atom. The maximum atomic E-state index is 12.1. The van der Waals surface area contributed by atoms with E-state index in [4.69, 9.17) is 10.2 Å². The second-order valence-electron chi connectivity index (χ2n) is 4.38. The fourth-order valence-electron chi connectivity index (χ4n) is 2.20. The summed E-state index contributed by atoms with van der Waals surface area (Å²) in [6, 6.07) is 5.81. The molecule has 6 heteroatoms. The predicted octanol–water partition coefficient (Wildman–Crippen LogP) is 0.960. The third-order valence-electron chi connectivity index (χ3n) is 3.14. The Bertz CT molecular complexity index is 540. The molecule has 1 heterocycles. The molecule has 0 aromatic heterocycles. The Morgan fingerprint density at radius 2 is 1.95 bits per heavy atom. The molecule has 19 heavy (non-hydrogen) atoms. The maximum Gasteiger partial charge on any atom is 0.326 e. The monoisotopic (exact) mass is 263 g/mol. The van der Waals surface area contributed by atoms with E-state index < -0.39 is 18.0 Å². The van der Waals surface area contributed by atoms with Crippen LogP contribution in [0.3, 0.4) is 0 Å². The van der Waals surface area contributed by atoms with E-state index in [0.717, 1.165) is 5.56 Å². The van der Waals surface area contributed by atoms with Crippen LogP contribution in [0.4, 0.5) is 0 Å². The molecule has 0 radical (unpaired) electrons. The van der Waals surface area contributed by atoms with Crippen molar-refractivity contribution in [3.63, 3.8) is 0 Å². The van der Waals surface area contributed by atoms with Gasteiger partial charge in [-0.25, -0.2) is 4.79 Å². The van der Waals surface area contributed by atoms with Gasteiger partial charge in [0.05, 0.1) is 0 Å². The molecule has 1 aromatic carbocycles. The first-order valence-electron chi connectivity index (χ1n) is 5.84. The first-order valence-corrected chi connectivity index (χ1v) is 5.84. The molecule has 0 saturated carbocycles. The van der Waals surface area contributed by atoms with Crippen molar-refractivity contribution in [1.82, 2.24) is 4.90 Å². The quantitative estimate of drug-likeness (QED) is 0.825. The number of benzene rings is 1. The molecule has 2 rings (SSSR count). The number of amides is 1. The fourth-order valence-corrected chi connectivity index (χ4v) is 2.20. The van der Waals surface area contributed by atoms with Crippen LogP contribution in [0.2, 0.25) is 0 Å². The lowest BCUT2D eigenvalue weighted by atomic mass is 10.1. The van der Waals surface area contributed by atoms with Gasteiger partial charge in [0.15, 0.2) is 0 Å². The zero-order valence-corrected chi connectivity index (χ0v) is 10.1. The van der Waals surface area contributed by atoms with Crippen molar-refractivity contribution >= 4 is 17.8 Å². The summed E-state index contributed by atoms with van der Waals surface area (Å²) in [5.74, 6) is -2.61. The number of carboxylic acid groups (broad SMARTS) is 2. The third kappa shape index (κ3) is 2.57. The van der Waals surface area contributed by atoms with E-state index in [1.807, 2.05) is 0 Å². The summed E-state index contributed by atoms with van der Waals surface area (Å²) in [5, 5.41) is 17.8. The van der Waals surface area contributed by atoms with E-state index in [-0.39, 0.29) is 25.3 Å². The summed E-state index contributed by atoms with van der Waals surface area (Å²) in [6.45, 7) is 0.214. The smallest absolute Gasteiger partial charge is 0.326 e. The molecule has 1 amide bonds. The van der Waals surface area contributed by atoms with Gasteiger partial charge in [0, 0.05) is 18.5 Å². The number of hydrogen-bond donors (Lipinski definition) is 2. The van der Waals surface area contributed by atoms with Crippen LogP contribution in [-0.4, -0.2) is 39.0 Å². The van der Waals surface area contributed by atoms with E-state index in [1.54, 1.807) is 24.3 Å². The van der Waals surface area contributed by atoms with Crippen LogP contribution in [0.15, 0.2) is 24.3 Å². The van der Waals surface area contributed by atoms with E-state index in [0.29, 0.717) is 5.56 Å². The van der Waals surface area contributed by atoms with Gasteiger partial charge in [0.2, 0.25) is 0 Å². The average Bonchev–Trinajstić information content (AvgIpc) is 2.67. The van der Waals surface area contributed by atoms with E-state index >= 15 is 0 Å². The molecule has 0 aliphatic carbocycles. The van der Waals surface area contributed by atoms with Gasteiger partial charge in [-0.2, -0.15) is 0 Å². The molecule has 0 saturated heterocycles. The standard InChI is InChI=1S/C13H13NO5/c15-11(16)6-5-10(13(18)19)14-7-8-3-1-2-4-9(8)12(14)17/h1-4,10H,5-7H2,(H,15,16)(H,18,19). The number of carbonyl (C=O) groups is 3. The number of rotatable bonds is 5. The van der Waals surface area contributed by atoms with Crippen LogP contribution in [0.25, 0.3) is 0 Å². The van der Waals surface area contributed by atoms with Crippen LogP contribution in [-0.2, 0) is 16.1 Å². The van der Waals surface area contributed by atoms with Crippen LogP contribution in [0, 0.1) is 0 Å². The highest BCUT2D eigenvalue weighted by Gasteiger charge is 2.36. The van der Waals surface area contributed by atoms with Gasteiger partial charge in [0.1, 0.15) is 6.04 Å². The number of nitrogens with zero attached hydrogens (tertiary/aromatic N) is 1.